The highest BCUT2D eigenvalue weighted by molar-refractivity contribution is 6.08. The molecule has 0 spiro atoms. The van der Waals surface area contributed by atoms with Crippen LogP contribution in [0.5, 0.6) is 5.75 Å². The molecule has 0 aliphatic carbocycles. The SMILES string of the molecule is C[C@H](OC(=O)COc1ccc(C(=O)c2ccccc2)cc1)C(=O)N1CCCCC1. The minimum absolute atomic E-state index is 0.0818. The van der Waals surface area contributed by atoms with Gasteiger partial charge in [-0.2, -0.15) is 0 Å². The molecular weight excluding hydrogens is 370 g/mol. The molecule has 2 aromatic carbocycles. The van der Waals surface area contributed by atoms with E-state index >= 15 is 0 Å². The number of hydrogen-bond donors (Lipinski definition) is 0. The molecule has 0 radical (unpaired) electrons. The van der Waals surface area contributed by atoms with Gasteiger partial charge in [0.1, 0.15) is 5.75 Å². The number of esters is 1. The maximum atomic E-state index is 12.4. The average molecular weight is 395 g/mol. The van der Waals surface area contributed by atoms with Crippen LogP contribution in [0.25, 0.3) is 0 Å². The molecule has 29 heavy (non-hydrogen) atoms. The average Bonchev–Trinajstić information content (AvgIpc) is 2.78. The number of piperidine rings is 1. The molecule has 1 aliphatic heterocycles. The van der Waals surface area contributed by atoms with Gasteiger partial charge in [0.2, 0.25) is 0 Å². The predicted molar refractivity (Wildman–Crippen MR) is 108 cm³/mol. The Hall–Kier alpha value is -3.15. The number of carbonyl (C=O) groups is 3. The topological polar surface area (TPSA) is 72.9 Å². The molecule has 0 N–H and O–H groups in total. The number of likely N-dealkylation sites (tertiary alicyclic amines) is 1. The van der Waals surface area contributed by atoms with Crippen LogP contribution in [-0.4, -0.2) is 48.4 Å². The zero-order valence-electron chi connectivity index (χ0n) is 16.5. The van der Waals surface area contributed by atoms with Gasteiger partial charge in [-0.05, 0) is 50.5 Å². The molecule has 2 aromatic rings. The minimum atomic E-state index is -0.824. The van der Waals surface area contributed by atoms with Crippen LogP contribution in [0.4, 0.5) is 0 Å². The molecule has 6 nitrogen and oxygen atoms in total. The summed E-state index contributed by atoms with van der Waals surface area (Å²) in [6.45, 7) is 2.71. The van der Waals surface area contributed by atoms with Gasteiger partial charge in [0, 0.05) is 24.2 Å². The Morgan fingerprint density at radius 1 is 0.897 bits per heavy atom. The van der Waals surface area contributed by atoms with Crippen LogP contribution in [0, 0.1) is 0 Å². The highest BCUT2D eigenvalue weighted by atomic mass is 16.6. The predicted octanol–water partition coefficient (Wildman–Crippen LogP) is 3.24. The lowest BCUT2D eigenvalue weighted by atomic mass is 10.0. The second kappa shape index (κ2) is 9.87. The minimum Gasteiger partial charge on any atom is -0.482 e. The van der Waals surface area contributed by atoms with Gasteiger partial charge in [-0.15, -0.1) is 0 Å². The Balaban J connectivity index is 1.47. The van der Waals surface area contributed by atoms with Gasteiger partial charge >= 0.3 is 5.97 Å². The van der Waals surface area contributed by atoms with Crippen molar-refractivity contribution in [2.45, 2.75) is 32.3 Å². The molecule has 1 amide bonds. The summed E-state index contributed by atoms with van der Waals surface area (Å²) >= 11 is 0. The van der Waals surface area contributed by atoms with Crippen LogP contribution in [0.2, 0.25) is 0 Å². The van der Waals surface area contributed by atoms with Crippen LogP contribution in [0.3, 0.4) is 0 Å². The van der Waals surface area contributed by atoms with Crippen LogP contribution in [0.1, 0.15) is 42.1 Å². The lowest BCUT2D eigenvalue weighted by molar-refractivity contribution is -0.161. The third-order valence-electron chi connectivity index (χ3n) is 4.83. The van der Waals surface area contributed by atoms with Crippen molar-refractivity contribution in [2.24, 2.45) is 0 Å². The van der Waals surface area contributed by atoms with E-state index in [9.17, 15) is 14.4 Å². The largest absolute Gasteiger partial charge is 0.482 e. The van der Waals surface area contributed by atoms with Gasteiger partial charge in [0.15, 0.2) is 18.5 Å². The third-order valence-corrected chi connectivity index (χ3v) is 4.83. The molecular formula is C23H25NO5. The maximum Gasteiger partial charge on any atom is 0.344 e. The van der Waals surface area contributed by atoms with Gasteiger partial charge in [-0.25, -0.2) is 4.79 Å². The van der Waals surface area contributed by atoms with Gasteiger partial charge in [-0.1, -0.05) is 30.3 Å². The maximum absolute atomic E-state index is 12.4. The van der Waals surface area contributed by atoms with E-state index < -0.39 is 12.1 Å². The summed E-state index contributed by atoms with van der Waals surface area (Å²) in [5.74, 6) is -0.405. The Morgan fingerprint density at radius 2 is 1.52 bits per heavy atom. The normalized spacial score (nSPS) is 14.7. The van der Waals surface area contributed by atoms with Gasteiger partial charge in [-0.3, -0.25) is 9.59 Å². The zero-order valence-corrected chi connectivity index (χ0v) is 16.5. The first-order chi connectivity index (χ1) is 14.0. The van der Waals surface area contributed by atoms with Gasteiger partial charge in [0.25, 0.3) is 5.91 Å². The quantitative estimate of drug-likeness (QED) is 0.532. The van der Waals surface area contributed by atoms with Crippen molar-refractivity contribution >= 4 is 17.7 Å². The van der Waals surface area contributed by atoms with Gasteiger partial charge in [0.05, 0.1) is 0 Å². The van der Waals surface area contributed by atoms with Crippen LogP contribution in [-0.2, 0) is 14.3 Å². The number of hydrogen-bond acceptors (Lipinski definition) is 5. The molecule has 0 aromatic heterocycles. The van der Waals surface area contributed by atoms with E-state index in [0.29, 0.717) is 30.0 Å². The second-order valence-corrected chi connectivity index (χ2v) is 7.03. The van der Waals surface area contributed by atoms with Crippen molar-refractivity contribution in [3.63, 3.8) is 0 Å². The highest BCUT2D eigenvalue weighted by Crippen LogP contribution is 2.16. The molecule has 0 saturated carbocycles. The Morgan fingerprint density at radius 3 is 2.17 bits per heavy atom. The fourth-order valence-corrected chi connectivity index (χ4v) is 3.25. The van der Waals surface area contributed by atoms with E-state index in [-0.39, 0.29) is 18.3 Å². The highest BCUT2D eigenvalue weighted by Gasteiger charge is 2.25. The van der Waals surface area contributed by atoms with E-state index in [1.54, 1.807) is 48.2 Å². The van der Waals surface area contributed by atoms with Crippen LogP contribution < -0.4 is 4.74 Å². The van der Waals surface area contributed by atoms with E-state index in [1.807, 2.05) is 18.2 Å². The Labute approximate surface area is 170 Å². The molecule has 1 heterocycles. The van der Waals surface area contributed by atoms with Crippen molar-refractivity contribution in [1.82, 2.24) is 4.90 Å². The first-order valence-corrected chi connectivity index (χ1v) is 9.85. The fraction of sp³-hybridized carbons (Fsp3) is 0.348. The number of benzene rings is 2. The zero-order chi connectivity index (χ0) is 20.6. The number of nitrogens with zero attached hydrogens (tertiary/aromatic N) is 1. The number of ketones is 1. The summed E-state index contributed by atoms with van der Waals surface area (Å²) in [4.78, 5) is 38.4. The molecule has 3 rings (SSSR count). The third kappa shape index (κ3) is 5.67. The smallest absolute Gasteiger partial charge is 0.344 e. The molecule has 1 fully saturated rings. The van der Waals surface area contributed by atoms with Crippen molar-refractivity contribution in [3.05, 3.63) is 65.7 Å². The van der Waals surface area contributed by atoms with E-state index in [2.05, 4.69) is 0 Å². The molecule has 1 aliphatic rings. The molecule has 6 heteroatoms. The summed E-state index contributed by atoms with van der Waals surface area (Å²) < 4.78 is 10.6. The molecule has 0 unspecified atom stereocenters. The summed E-state index contributed by atoms with van der Waals surface area (Å²) in [5, 5.41) is 0. The van der Waals surface area contributed by atoms with Crippen molar-refractivity contribution in [3.8, 4) is 5.75 Å². The Kier molecular flexibility index (Phi) is 7.00. The first kappa shape index (κ1) is 20.6. The van der Waals surface area contributed by atoms with E-state index in [1.165, 1.54) is 0 Å². The molecule has 1 atom stereocenters. The second-order valence-electron chi connectivity index (χ2n) is 7.03. The summed E-state index contributed by atoms with van der Waals surface area (Å²) in [6.07, 6.45) is 2.27. The number of amides is 1. The van der Waals surface area contributed by atoms with Crippen molar-refractivity contribution in [1.29, 1.82) is 0 Å². The van der Waals surface area contributed by atoms with Crippen molar-refractivity contribution < 1.29 is 23.9 Å². The molecule has 0 bridgehead atoms. The van der Waals surface area contributed by atoms with E-state index in [0.717, 1.165) is 19.3 Å². The summed E-state index contributed by atoms with van der Waals surface area (Å²) in [7, 11) is 0. The lowest BCUT2D eigenvalue weighted by Crippen LogP contribution is -2.43. The number of ether oxygens (including phenoxy) is 2. The fourth-order valence-electron chi connectivity index (χ4n) is 3.25. The monoisotopic (exact) mass is 395 g/mol. The van der Waals surface area contributed by atoms with E-state index in [4.69, 9.17) is 9.47 Å². The van der Waals surface area contributed by atoms with Crippen molar-refractivity contribution in [2.75, 3.05) is 19.7 Å². The van der Waals surface area contributed by atoms with Gasteiger partial charge < -0.3 is 14.4 Å². The lowest BCUT2D eigenvalue weighted by Gasteiger charge is -2.28. The Bertz CT molecular complexity index is 841. The number of rotatable bonds is 7. The standard InChI is InChI=1S/C23H25NO5/c1-17(23(27)24-14-6-3-7-15-24)29-21(25)16-28-20-12-10-19(11-13-20)22(26)18-8-4-2-5-9-18/h2,4-5,8-13,17H,3,6-7,14-16H2,1H3/t17-/m0/s1. The summed E-state index contributed by atoms with van der Waals surface area (Å²) in [5.41, 5.74) is 1.14. The molecule has 1 saturated heterocycles. The molecule has 152 valence electrons. The van der Waals surface area contributed by atoms with Crippen LogP contribution in [0.15, 0.2) is 54.6 Å². The summed E-state index contributed by atoms with van der Waals surface area (Å²) in [6, 6.07) is 15.6. The first-order valence-electron chi connectivity index (χ1n) is 9.85. The number of carbonyl (C=O) groups excluding carboxylic acids is 3. The van der Waals surface area contributed by atoms with Crippen LogP contribution >= 0.6 is 0 Å².